The molecule has 17 heavy (non-hydrogen) atoms. The highest BCUT2D eigenvalue weighted by Gasteiger charge is 2.32. The molecule has 0 saturated heterocycles. The maximum atomic E-state index is 10.3. The standard InChI is InChI=1S/C12H16N4O/c1-16(9-12(17)5-2-3-6-12)11-14-7-4-10(8-13)15-11/h4,7,17H,2-3,5-6,9H2,1H3. The molecule has 1 saturated carbocycles. The van der Waals surface area contributed by atoms with E-state index in [0.717, 1.165) is 25.7 Å². The Morgan fingerprint density at radius 3 is 2.88 bits per heavy atom. The highest BCUT2D eigenvalue weighted by atomic mass is 16.3. The Morgan fingerprint density at radius 2 is 2.24 bits per heavy atom. The minimum absolute atomic E-state index is 0.347. The van der Waals surface area contributed by atoms with Crippen molar-refractivity contribution in [2.45, 2.75) is 31.3 Å². The maximum absolute atomic E-state index is 10.3. The van der Waals surface area contributed by atoms with E-state index in [1.54, 1.807) is 12.3 Å². The Kier molecular flexibility index (Phi) is 3.25. The number of aliphatic hydroxyl groups is 1. The fourth-order valence-electron chi connectivity index (χ4n) is 2.30. The molecule has 1 heterocycles. The minimum Gasteiger partial charge on any atom is -0.388 e. The van der Waals surface area contributed by atoms with Crippen molar-refractivity contribution in [2.75, 3.05) is 18.5 Å². The molecule has 0 aromatic carbocycles. The lowest BCUT2D eigenvalue weighted by molar-refractivity contribution is 0.0556. The Morgan fingerprint density at radius 1 is 1.53 bits per heavy atom. The topological polar surface area (TPSA) is 73.0 Å². The van der Waals surface area contributed by atoms with E-state index in [4.69, 9.17) is 5.26 Å². The first kappa shape index (κ1) is 11.8. The molecular formula is C12H16N4O. The molecule has 0 aliphatic heterocycles. The summed E-state index contributed by atoms with van der Waals surface area (Å²) in [5, 5.41) is 19.1. The van der Waals surface area contributed by atoms with E-state index in [2.05, 4.69) is 9.97 Å². The lowest BCUT2D eigenvalue weighted by Gasteiger charge is -2.28. The molecule has 2 rings (SSSR count). The van der Waals surface area contributed by atoms with Crippen LogP contribution in [-0.4, -0.2) is 34.3 Å². The molecule has 1 aromatic rings. The molecule has 1 aliphatic carbocycles. The van der Waals surface area contributed by atoms with E-state index >= 15 is 0 Å². The summed E-state index contributed by atoms with van der Waals surface area (Å²) < 4.78 is 0. The van der Waals surface area contributed by atoms with Crippen LogP contribution in [0.1, 0.15) is 31.4 Å². The van der Waals surface area contributed by atoms with Crippen LogP contribution in [0.15, 0.2) is 12.3 Å². The van der Waals surface area contributed by atoms with Crippen LogP contribution in [0.5, 0.6) is 0 Å². The second-order valence-electron chi connectivity index (χ2n) is 4.64. The maximum Gasteiger partial charge on any atom is 0.226 e. The predicted octanol–water partition coefficient (Wildman–Crippen LogP) is 1.09. The van der Waals surface area contributed by atoms with Crippen molar-refractivity contribution in [1.82, 2.24) is 9.97 Å². The van der Waals surface area contributed by atoms with Gasteiger partial charge < -0.3 is 10.0 Å². The smallest absolute Gasteiger partial charge is 0.226 e. The Hall–Kier alpha value is -1.67. The van der Waals surface area contributed by atoms with Gasteiger partial charge in [-0.1, -0.05) is 12.8 Å². The molecule has 90 valence electrons. The molecule has 5 nitrogen and oxygen atoms in total. The number of likely N-dealkylation sites (N-methyl/N-ethyl adjacent to an activating group) is 1. The van der Waals surface area contributed by atoms with Gasteiger partial charge in [-0.15, -0.1) is 0 Å². The average molecular weight is 232 g/mol. The summed E-state index contributed by atoms with van der Waals surface area (Å²) in [5.74, 6) is 0.490. The van der Waals surface area contributed by atoms with Gasteiger partial charge in [-0.25, -0.2) is 9.97 Å². The van der Waals surface area contributed by atoms with Crippen molar-refractivity contribution in [3.05, 3.63) is 18.0 Å². The zero-order valence-corrected chi connectivity index (χ0v) is 9.93. The summed E-state index contributed by atoms with van der Waals surface area (Å²) in [6.07, 6.45) is 5.37. The third-order valence-electron chi connectivity index (χ3n) is 3.16. The van der Waals surface area contributed by atoms with Crippen molar-refractivity contribution >= 4 is 5.95 Å². The molecule has 0 radical (unpaired) electrons. The summed E-state index contributed by atoms with van der Waals surface area (Å²) >= 11 is 0. The van der Waals surface area contributed by atoms with Gasteiger partial charge >= 0.3 is 0 Å². The van der Waals surface area contributed by atoms with Crippen molar-refractivity contribution in [3.63, 3.8) is 0 Å². The van der Waals surface area contributed by atoms with Gasteiger partial charge in [-0.3, -0.25) is 0 Å². The van der Waals surface area contributed by atoms with Crippen molar-refractivity contribution in [1.29, 1.82) is 5.26 Å². The summed E-state index contributed by atoms with van der Waals surface area (Å²) in [4.78, 5) is 10.0. The van der Waals surface area contributed by atoms with Crippen LogP contribution >= 0.6 is 0 Å². The van der Waals surface area contributed by atoms with Crippen LogP contribution in [-0.2, 0) is 0 Å². The molecule has 0 atom stereocenters. The van der Waals surface area contributed by atoms with Crippen molar-refractivity contribution in [3.8, 4) is 6.07 Å². The number of nitriles is 1. The monoisotopic (exact) mass is 232 g/mol. The van der Waals surface area contributed by atoms with Crippen LogP contribution in [0.2, 0.25) is 0 Å². The molecule has 0 bridgehead atoms. The fourth-order valence-corrected chi connectivity index (χ4v) is 2.30. The first-order valence-electron chi connectivity index (χ1n) is 5.80. The molecule has 5 heteroatoms. The van der Waals surface area contributed by atoms with Gasteiger partial charge in [0.1, 0.15) is 11.8 Å². The van der Waals surface area contributed by atoms with E-state index in [1.165, 1.54) is 0 Å². The van der Waals surface area contributed by atoms with Crippen LogP contribution in [0, 0.1) is 11.3 Å². The minimum atomic E-state index is -0.624. The Balaban J connectivity index is 2.09. The third kappa shape index (κ3) is 2.71. The Labute approximate surface area is 101 Å². The SMILES string of the molecule is CN(CC1(O)CCCC1)c1nccc(C#N)n1. The molecule has 0 spiro atoms. The third-order valence-corrected chi connectivity index (χ3v) is 3.16. The molecule has 0 unspecified atom stereocenters. The molecule has 1 fully saturated rings. The van der Waals surface area contributed by atoms with Crippen LogP contribution in [0.25, 0.3) is 0 Å². The number of rotatable bonds is 3. The normalized spacial score (nSPS) is 17.7. The van der Waals surface area contributed by atoms with E-state index in [0.29, 0.717) is 18.2 Å². The van der Waals surface area contributed by atoms with Crippen molar-refractivity contribution in [2.24, 2.45) is 0 Å². The first-order chi connectivity index (χ1) is 8.13. The molecule has 1 aromatic heterocycles. The van der Waals surface area contributed by atoms with Gasteiger partial charge in [0, 0.05) is 19.8 Å². The highest BCUT2D eigenvalue weighted by Crippen LogP contribution is 2.30. The molecule has 0 amide bonds. The largest absolute Gasteiger partial charge is 0.388 e. The summed E-state index contributed by atoms with van der Waals surface area (Å²) in [5.41, 5.74) is -0.277. The lowest BCUT2D eigenvalue weighted by atomic mass is 10.0. The first-order valence-corrected chi connectivity index (χ1v) is 5.80. The van der Waals surface area contributed by atoms with Gasteiger partial charge in [-0.05, 0) is 18.9 Å². The van der Waals surface area contributed by atoms with Gasteiger partial charge in [0.15, 0.2) is 0 Å². The highest BCUT2D eigenvalue weighted by molar-refractivity contribution is 5.33. The van der Waals surface area contributed by atoms with Gasteiger partial charge in [0.2, 0.25) is 5.95 Å². The van der Waals surface area contributed by atoms with Gasteiger partial charge in [0.25, 0.3) is 0 Å². The number of nitrogens with zero attached hydrogens (tertiary/aromatic N) is 4. The van der Waals surface area contributed by atoms with Crippen LogP contribution in [0.4, 0.5) is 5.95 Å². The molecule has 1 aliphatic rings. The van der Waals surface area contributed by atoms with Gasteiger partial charge in [-0.2, -0.15) is 5.26 Å². The number of anilines is 1. The van der Waals surface area contributed by atoms with Gasteiger partial charge in [0.05, 0.1) is 5.60 Å². The second-order valence-corrected chi connectivity index (χ2v) is 4.64. The zero-order valence-electron chi connectivity index (χ0n) is 9.93. The lowest BCUT2D eigenvalue weighted by Crippen LogP contribution is -2.39. The van der Waals surface area contributed by atoms with Crippen LogP contribution < -0.4 is 4.90 Å². The van der Waals surface area contributed by atoms with Crippen molar-refractivity contribution < 1.29 is 5.11 Å². The predicted molar refractivity (Wildman–Crippen MR) is 63.4 cm³/mol. The summed E-state index contributed by atoms with van der Waals surface area (Å²) in [7, 11) is 1.84. The number of hydrogen-bond donors (Lipinski definition) is 1. The second kappa shape index (κ2) is 4.68. The summed E-state index contributed by atoms with van der Waals surface area (Å²) in [6.45, 7) is 0.516. The molecular weight excluding hydrogens is 216 g/mol. The molecule has 1 N–H and O–H groups in total. The fraction of sp³-hybridized carbons (Fsp3) is 0.583. The van der Waals surface area contributed by atoms with E-state index in [-0.39, 0.29) is 0 Å². The van der Waals surface area contributed by atoms with E-state index in [9.17, 15) is 5.11 Å². The summed E-state index contributed by atoms with van der Waals surface area (Å²) in [6, 6.07) is 3.56. The van der Waals surface area contributed by atoms with Crippen LogP contribution in [0.3, 0.4) is 0 Å². The van der Waals surface area contributed by atoms with E-state index in [1.807, 2.05) is 18.0 Å². The van der Waals surface area contributed by atoms with E-state index < -0.39 is 5.60 Å². The average Bonchev–Trinajstić information content (AvgIpc) is 2.76. The zero-order chi connectivity index (χ0) is 12.3. The number of aromatic nitrogens is 2. The Bertz CT molecular complexity index is 434. The quantitative estimate of drug-likeness (QED) is 0.844. The number of hydrogen-bond acceptors (Lipinski definition) is 5.